The maximum atomic E-state index is 12.9. The van der Waals surface area contributed by atoms with Crippen LogP contribution in [0.15, 0.2) is 18.2 Å². The summed E-state index contributed by atoms with van der Waals surface area (Å²) in [4.78, 5) is 0. The maximum absolute atomic E-state index is 12.9. The minimum Gasteiger partial charge on any atom is -0.493 e. The third kappa shape index (κ3) is 5.96. The molecule has 1 rings (SSSR count). The number of unbranched alkanes of at least 4 members (excludes halogenated alkanes) is 1. The van der Waals surface area contributed by atoms with Gasteiger partial charge < -0.3 is 10.1 Å². The minimum atomic E-state index is -0.869. The third-order valence-electron chi connectivity index (χ3n) is 2.46. The zero-order valence-electron chi connectivity index (χ0n) is 11.0. The van der Waals surface area contributed by atoms with Gasteiger partial charge in [0.1, 0.15) is 5.75 Å². The number of nitrogens with one attached hydrogen (secondary N) is 1. The Kier molecular flexibility index (Phi) is 6.65. The van der Waals surface area contributed by atoms with Crippen LogP contribution in [0.4, 0.5) is 8.78 Å². The minimum absolute atomic E-state index is 0.379. The molecule has 4 heteroatoms. The summed E-state index contributed by atoms with van der Waals surface area (Å²) < 4.78 is 30.9. The molecule has 0 radical (unpaired) electrons. The first-order valence-corrected chi connectivity index (χ1v) is 6.38. The maximum Gasteiger partial charge on any atom is 0.162 e. The fourth-order valence-electron chi connectivity index (χ4n) is 1.50. The molecule has 0 amide bonds. The van der Waals surface area contributed by atoms with E-state index in [4.69, 9.17) is 4.74 Å². The Bertz CT molecular complexity index is 356. The zero-order chi connectivity index (χ0) is 13.4. The molecule has 0 saturated heterocycles. The van der Waals surface area contributed by atoms with Crippen molar-refractivity contribution in [1.29, 1.82) is 0 Å². The first kappa shape index (κ1) is 14.9. The fourth-order valence-corrected chi connectivity index (χ4v) is 1.50. The van der Waals surface area contributed by atoms with Crippen LogP contribution in [0.5, 0.6) is 5.75 Å². The second-order valence-electron chi connectivity index (χ2n) is 4.73. The fraction of sp³-hybridized carbons (Fsp3) is 0.571. The molecule has 0 aliphatic heterocycles. The van der Waals surface area contributed by atoms with E-state index in [1.54, 1.807) is 0 Å². The second-order valence-corrected chi connectivity index (χ2v) is 4.73. The number of halogens is 2. The van der Waals surface area contributed by atoms with Gasteiger partial charge in [0.2, 0.25) is 0 Å². The molecule has 2 nitrogen and oxygen atoms in total. The molecule has 0 spiro atoms. The average Bonchev–Trinajstić information content (AvgIpc) is 2.32. The van der Waals surface area contributed by atoms with E-state index in [1.807, 2.05) is 0 Å². The summed E-state index contributed by atoms with van der Waals surface area (Å²) in [6, 6.07) is 3.59. The molecular formula is C14H21F2NO. The van der Waals surface area contributed by atoms with E-state index in [1.165, 1.54) is 6.07 Å². The first-order valence-electron chi connectivity index (χ1n) is 6.38. The van der Waals surface area contributed by atoms with Gasteiger partial charge in [0.25, 0.3) is 0 Å². The van der Waals surface area contributed by atoms with Gasteiger partial charge in [0.05, 0.1) is 6.61 Å². The molecule has 0 aliphatic rings. The molecule has 0 heterocycles. The lowest BCUT2D eigenvalue weighted by molar-refractivity contribution is 0.302. The second kappa shape index (κ2) is 8.03. The number of rotatable bonds is 8. The van der Waals surface area contributed by atoms with Crippen LogP contribution in [0, 0.1) is 17.6 Å². The normalized spacial score (nSPS) is 10.9. The number of benzene rings is 1. The van der Waals surface area contributed by atoms with Gasteiger partial charge in [-0.3, -0.25) is 0 Å². The third-order valence-corrected chi connectivity index (χ3v) is 2.46. The molecule has 1 aromatic rings. The van der Waals surface area contributed by atoms with Crippen molar-refractivity contribution in [3.63, 3.8) is 0 Å². The van der Waals surface area contributed by atoms with E-state index in [9.17, 15) is 8.78 Å². The van der Waals surface area contributed by atoms with Gasteiger partial charge in [-0.25, -0.2) is 8.78 Å². The molecule has 18 heavy (non-hydrogen) atoms. The van der Waals surface area contributed by atoms with Crippen LogP contribution in [0.25, 0.3) is 0 Å². The monoisotopic (exact) mass is 257 g/mol. The lowest BCUT2D eigenvalue weighted by atomic mass is 10.2. The largest absolute Gasteiger partial charge is 0.493 e. The highest BCUT2D eigenvalue weighted by molar-refractivity contribution is 5.23. The Morgan fingerprint density at radius 1 is 1.17 bits per heavy atom. The Morgan fingerprint density at radius 2 is 1.94 bits per heavy atom. The van der Waals surface area contributed by atoms with Gasteiger partial charge in [-0.15, -0.1) is 0 Å². The van der Waals surface area contributed by atoms with Gasteiger partial charge in [0, 0.05) is 6.07 Å². The van der Waals surface area contributed by atoms with Crippen molar-refractivity contribution in [3.05, 3.63) is 29.8 Å². The van der Waals surface area contributed by atoms with E-state index in [0.717, 1.165) is 38.1 Å². The predicted octanol–water partition coefficient (Wildman–Crippen LogP) is 3.37. The first-order chi connectivity index (χ1) is 8.59. The molecule has 102 valence electrons. The summed E-state index contributed by atoms with van der Waals surface area (Å²) in [6.07, 6.45) is 1.90. The Morgan fingerprint density at radius 3 is 2.61 bits per heavy atom. The molecule has 1 N–H and O–H groups in total. The van der Waals surface area contributed by atoms with Crippen LogP contribution in [-0.4, -0.2) is 19.7 Å². The van der Waals surface area contributed by atoms with Gasteiger partial charge in [0.15, 0.2) is 11.6 Å². The quantitative estimate of drug-likeness (QED) is 0.721. The number of hydrogen-bond donors (Lipinski definition) is 1. The van der Waals surface area contributed by atoms with E-state index in [2.05, 4.69) is 19.2 Å². The van der Waals surface area contributed by atoms with Gasteiger partial charge in [-0.05, 0) is 44.0 Å². The average molecular weight is 257 g/mol. The van der Waals surface area contributed by atoms with Crippen molar-refractivity contribution in [2.75, 3.05) is 19.7 Å². The zero-order valence-corrected chi connectivity index (χ0v) is 11.0. The molecule has 0 bridgehead atoms. The van der Waals surface area contributed by atoms with Gasteiger partial charge in [-0.1, -0.05) is 13.8 Å². The SMILES string of the molecule is CC(C)CNCCCCOc1ccc(F)c(F)c1. The van der Waals surface area contributed by atoms with Crippen LogP contribution < -0.4 is 10.1 Å². The summed E-state index contributed by atoms with van der Waals surface area (Å²) in [7, 11) is 0. The molecule has 1 aromatic carbocycles. The van der Waals surface area contributed by atoms with Crippen molar-refractivity contribution < 1.29 is 13.5 Å². The highest BCUT2D eigenvalue weighted by Gasteiger charge is 2.02. The van der Waals surface area contributed by atoms with Crippen LogP contribution in [0.3, 0.4) is 0 Å². The lowest BCUT2D eigenvalue weighted by Gasteiger charge is -2.08. The summed E-state index contributed by atoms with van der Waals surface area (Å²) in [5, 5.41) is 3.33. The molecular weight excluding hydrogens is 236 g/mol. The van der Waals surface area contributed by atoms with Crippen LogP contribution in [-0.2, 0) is 0 Å². The van der Waals surface area contributed by atoms with E-state index >= 15 is 0 Å². The molecule has 0 aromatic heterocycles. The number of ether oxygens (including phenoxy) is 1. The predicted molar refractivity (Wildman–Crippen MR) is 68.8 cm³/mol. The highest BCUT2D eigenvalue weighted by Crippen LogP contribution is 2.15. The van der Waals surface area contributed by atoms with Crippen LogP contribution >= 0.6 is 0 Å². The van der Waals surface area contributed by atoms with Crippen molar-refractivity contribution in [2.24, 2.45) is 5.92 Å². The van der Waals surface area contributed by atoms with Gasteiger partial charge >= 0.3 is 0 Å². The highest BCUT2D eigenvalue weighted by atomic mass is 19.2. The Labute approximate surface area is 107 Å². The van der Waals surface area contributed by atoms with Crippen molar-refractivity contribution in [3.8, 4) is 5.75 Å². The van der Waals surface area contributed by atoms with E-state index < -0.39 is 11.6 Å². The molecule has 0 unspecified atom stereocenters. The van der Waals surface area contributed by atoms with Crippen molar-refractivity contribution in [2.45, 2.75) is 26.7 Å². The molecule has 0 atom stereocenters. The van der Waals surface area contributed by atoms with E-state index in [0.29, 0.717) is 18.3 Å². The molecule has 0 aliphatic carbocycles. The Balaban J connectivity index is 2.09. The summed E-state index contributed by atoms with van der Waals surface area (Å²) in [5.74, 6) is -0.682. The Hall–Kier alpha value is -1.16. The lowest BCUT2D eigenvalue weighted by Crippen LogP contribution is -2.21. The molecule has 0 saturated carbocycles. The standard InChI is InChI=1S/C14H21F2NO/c1-11(2)10-17-7-3-4-8-18-12-5-6-13(15)14(16)9-12/h5-6,9,11,17H,3-4,7-8,10H2,1-2H3. The van der Waals surface area contributed by atoms with Crippen molar-refractivity contribution >= 4 is 0 Å². The number of hydrogen-bond acceptors (Lipinski definition) is 2. The summed E-state index contributed by atoms with van der Waals surface area (Å²) in [6.45, 7) is 6.83. The van der Waals surface area contributed by atoms with Crippen molar-refractivity contribution in [1.82, 2.24) is 5.32 Å². The smallest absolute Gasteiger partial charge is 0.162 e. The van der Waals surface area contributed by atoms with Gasteiger partial charge in [-0.2, -0.15) is 0 Å². The van der Waals surface area contributed by atoms with Crippen LogP contribution in [0.2, 0.25) is 0 Å². The summed E-state index contributed by atoms with van der Waals surface area (Å²) >= 11 is 0. The summed E-state index contributed by atoms with van der Waals surface area (Å²) in [5.41, 5.74) is 0. The van der Waals surface area contributed by atoms with E-state index in [-0.39, 0.29) is 0 Å². The van der Waals surface area contributed by atoms with Crippen LogP contribution in [0.1, 0.15) is 26.7 Å². The topological polar surface area (TPSA) is 21.3 Å². The molecule has 0 fully saturated rings.